The van der Waals surface area contributed by atoms with Crippen molar-refractivity contribution in [3.8, 4) is 0 Å². The van der Waals surface area contributed by atoms with E-state index in [0.717, 1.165) is 55.3 Å². The predicted molar refractivity (Wildman–Crippen MR) is 182 cm³/mol. The molecule has 0 heterocycles. The molecule has 5 fully saturated rings. The average molecular weight is 597 g/mol. The summed E-state index contributed by atoms with van der Waals surface area (Å²) in [5.41, 5.74) is 1.04. The molecule has 5 saturated carbocycles. The minimum Gasteiger partial charge on any atom is -0.461 e. The zero-order valence-electron chi connectivity index (χ0n) is 29.0. The van der Waals surface area contributed by atoms with Gasteiger partial charge in [0.05, 0.1) is 0 Å². The molecule has 0 saturated heterocycles. The molecule has 0 radical (unpaired) electrons. The topological polar surface area (TPSA) is 26.3 Å². The lowest BCUT2D eigenvalue weighted by Crippen LogP contribution is -2.49. The second-order valence-electron chi connectivity index (χ2n) is 17.1. The van der Waals surface area contributed by atoms with Gasteiger partial charge in [0.2, 0.25) is 0 Å². The van der Waals surface area contributed by atoms with Crippen LogP contribution in [0, 0.1) is 40.4 Å². The maximum absolute atomic E-state index is 11.6. The van der Waals surface area contributed by atoms with E-state index in [4.69, 9.17) is 4.74 Å². The number of hydrogen-bond donors (Lipinski definition) is 0. The summed E-state index contributed by atoms with van der Waals surface area (Å²) in [5.74, 6) is 4.86. The van der Waals surface area contributed by atoms with E-state index in [0.29, 0.717) is 10.8 Å². The first-order valence-corrected chi connectivity index (χ1v) is 20.2. The van der Waals surface area contributed by atoms with E-state index >= 15 is 0 Å². The number of carbonyl (C=O) groups excluding carboxylic acids is 1. The first kappa shape index (κ1) is 33.8. The largest absolute Gasteiger partial charge is 0.461 e. The van der Waals surface area contributed by atoms with Crippen molar-refractivity contribution in [3.63, 3.8) is 0 Å². The molecule has 2 nitrogen and oxygen atoms in total. The Kier molecular flexibility index (Phi) is 12.9. The molecule has 5 aliphatic rings. The number of ether oxygens (including phenoxy) is 1. The van der Waals surface area contributed by atoms with Crippen molar-refractivity contribution in [2.45, 2.75) is 212 Å². The Morgan fingerprint density at radius 1 is 0.651 bits per heavy atom. The molecule has 1 atom stereocenters. The summed E-state index contributed by atoms with van der Waals surface area (Å²) in [5, 5.41) is 0. The third-order valence-electron chi connectivity index (χ3n) is 14.9. The fraction of sp³-hybridized carbons (Fsp3) is 0.976. The minimum absolute atomic E-state index is 0.159. The van der Waals surface area contributed by atoms with Crippen LogP contribution in [-0.4, -0.2) is 12.1 Å². The fourth-order valence-electron chi connectivity index (χ4n) is 12.4. The van der Waals surface area contributed by atoms with Crippen LogP contribution in [0.5, 0.6) is 0 Å². The minimum atomic E-state index is -0.159. The van der Waals surface area contributed by atoms with Gasteiger partial charge in [0.1, 0.15) is 5.60 Å². The molecule has 0 aromatic rings. The highest BCUT2D eigenvalue weighted by Crippen LogP contribution is 2.63. The number of hydrogen-bond acceptors (Lipinski definition) is 2. The van der Waals surface area contributed by atoms with E-state index in [1.165, 1.54) is 141 Å². The lowest BCUT2D eigenvalue weighted by atomic mass is 9.47. The molecule has 0 bridgehead atoms. The summed E-state index contributed by atoms with van der Waals surface area (Å²) < 4.78 is 5.96. The molecular formula is C41H72O2. The van der Waals surface area contributed by atoms with Crippen LogP contribution in [0.15, 0.2) is 0 Å². The van der Waals surface area contributed by atoms with Crippen LogP contribution >= 0.6 is 0 Å². The SMILES string of the molecule is CCCC[C@H]1CC[C@H](C2(C(CC3([C@H]4CC[C@@](CCCC)(OC=O)CC4)CCCCC3)C3CCCCC3)CCCCC2)CC1. The standard InChI is InChI=1S/C41H72O2/c1-3-5-16-34-19-21-37(22-20-34)41(28-14-9-15-29-41)38(35-17-10-7-11-18-35)32-39(25-12-8-13-26-39)36-23-30-40(31-24-36,43-33-42)27-6-4-2/h33-38H,3-32H2,1-2H3/t34-,36-,37-,38?,40+. The summed E-state index contributed by atoms with van der Waals surface area (Å²) in [6.45, 7) is 5.45. The lowest BCUT2D eigenvalue weighted by Gasteiger charge is -2.58. The average Bonchev–Trinajstić information content (AvgIpc) is 3.07. The van der Waals surface area contributed by atoms with Gasteiger partial charge in [-0.2, -0.15) is 0 Å². The van der Waals surface area contributed by atoms with Gasteiger partial charge in [0.25, 0.3) is 6.47 Å². The van der Waals surface area contributed by atoms with E-state index in [1.807, 2.05) is 0 Å². The van der Waals surface area contributed by atoms with Gasteiger partial charge in [-0.05, 0) is 124 Å². The third-order valence-corrected chi connectivity index (χ3v) is 14.9. The van der Waals surface area contributed by atoms with Crippen molar-refractivity contribution >= 4 is 6.47 Å². The normalized spacial score (nSPS) is 34.3. The second-order valence-corrected chi connectivity index (χ2v) is 17.1. The van der Waals surface area contributed by atoms with Crippen LogP contribution in [0.2, 0.25) is 0 Å². The van der Waals surface area contributed by atoms with Gasteiger partial charge in [0.15, 0.2) is 0 Å². The zero-order chi connectivity index (χ0) is 30.0. The maximum Gasteiger partial charge on any atom is 0.293 e. The van der Waals surface area contributed by atoms with Crippen LogP contribution in [0.1, 0.15) is 206 Å². The van der Waals surface area contributed by atoms with E-state index in [2.05, 4.69) is 13.8 Å². The smallest absolute Gasteiger partial charge is 0.293 e. The predicted octanol–water partition coefficient (Wildman–Crippen LogP) is 12.8. The van der Waals surface area contributed by atoms with Crippen LogP contribution < -0.4 is 0 Å². The van der Waals surface area contributed by atoms with Crippen LogP contribution in [0.25, 0.3) is 0 Å². The zero-order valence-corrected chi connectivity index (χ0v) is 29.0. The van der Waals surface area contributed by atoms with Crippen molar-refractivity contribution in [1.29, 1.82) is 0 Å². The summed E-state index contributed by atoms with van der Waals surface area (Å²) in [4.78, 5) is 11.6. The molecule has 0 aliphatic heterocycles. The van der Waals surface area contributed by atoms with Crippen LogP contribution in [0.4, 0.5) is 0 Å². The quantitative estimate of drug-likeness (QED) is 0.186. The molecule has 0 N–H and O–H groups in total. The number of carbonyl (C=O) groups is 1. The molecule has 2 heteroatoms. The van der Waals surface area contributed by atoms with Gasteiger partial charge in [0, 0.05) is 0 Å². The van der Waals surface area contributed by atoms with E-state index in [1.54, 1.807) is 32.1 Å². The highest BCUT2D eigenvalue weighted by Gasteiger charge is 2.54. The molecule has 0 aromatic heterocycles. The molecule has 248 valence electrons. The molecule has 5 rings (SSSR count). The number of rotatable bonds is 14. The van der Waals surface area contributed by atoms with Gasteiger partial charge >= 0.3 is 0 Å². The van der Waals surface area contributed by atoms with Crippen molar-refractivity contribution < 1.29 is 9.53 Å². The Labute approximate surface area is 268 Å². The Morgan fingerprint density at radius 3 is 1.86 bits per heavy atom. The Balaban J connectivity index is 1.40. The van der Waals surface area contributed by atoms with E-state index < -0.39 is 0 Å². The number of unbranched alkanes of at least 4 members (excludes halogenated alkanes) is 2. The molecule has 5 aliphatic carbocycles. The van der Waals surface area contributed by atoms with Crippen molar-refractivity contribution in [3.05, 3.63) is 0 Å². The highest BCUT2D eigenvalue weighted by atomic mass is 16.5. The first-order valence-electron chi connectivity index (χ1n) is 20.2. The van der Waals surface area contributed by atoms with Crippen molar-refractivity contribution in [1.82, 2.24) is 0 Å². The van der Waals surface area contributed by atoms with Gasteiger partial charge in [-0.15, -0.1) is 0 Å². The maximum atomic E-state index is 11.6. The van der Waals surface area contributed by atoms with Gasteiger partial charge in [-0.1, -0.05) is 123 Å². The molecular weight excluding hydrogens is 524 g/mol. The molecule has 1 unspecified atom stereocenters. The Morgan fingerprint density at radius 2 is 1.26 bits per heavy atom. The molecule has 0 amide bonds. The molecule has 43 heavy (non-hydrogen) atoms. The summed E-state index contributed by atoms with van der Waals surface area (Å²) in [7, 11) is 0. The Hall–Kier alpha value is -0.530. The van der Waals surface area contributed by atoms with E-state index in [-0.39, 0.29) is 5.60 Å². The summed E-state index contributed by atoms with van der Waals surface area (Å²) in [6.07, 6.45) is 43.0. The summed E-state index contributed by atoms with van der Waals surface area (Å²) in [6, 6.07) is 0. The van der Waals surface area contributed by atoms with Crippen molar-refractivity contribution in [2.24, 2.45) is 40.4 Å². The van der Waals surface area contributed by atoms with Gasteiger partial charge < -0.3 is 4.74 Å². The Bertz CT molecular complexity index is 783. The fourth-order valence-corrected chi connectivity index (χ4v) is 12.4. The van der Waals surface area contributed by atoms with Gasteiger partial charge in [-0.3, -0.25) is 4.79 Å². The van der Waals surface area contributed by atoms with Gasteiger partial charge in [-0.25, -0.2) is 0 Å². The monoisotopic (exact) mass is 597 g/mol. The van der Waals surface area contributed by atoms with Crippen molar-refractivity contribution in [2.75, 3.05) is 0 Å². The molecule has 0 aromatic carbocycles. The summed E-state index contributed by atoms with van der Waals surface area (Å²) >= 11 is 0. The lowest BCUT2D eigenvalue weighted by molar-refractivity contribution is -0.152. The van der Waals surface area contributed by atoms with Crippen LogP contribution in [0.3, 0.4) is 0 Å². The second kappa shape index (κ2) is 16.3. The first-order chi connectivity index (χ1) is 21.1. The van der Waals surface area contributed by atoms with Crippen LogP contribution in [-0.2, 0) is 9.53 Å². The highest BCUT2D eigenvalue weighted by molar-refractivity contribution is 5.38. The third kappa shape index (κ3) is 8.07. The van der Waals surface area contributed by atoms with E-state index in [9.17, 15) is 4.79 Å². The molecule has 0 spiro atoms.